The van der Waals surface area contributed by atoms with E-state index in [1.165, 1.54) is 279 Å². The zero-order valence-electron chi connectivity index (χ0n) is 82.3. The number of benzene rings is 25. The monoisotopic (exact) mass is 1830 g/mol. The maximum Gasteiger partial charge on any atom is 0.0715 e. The Morgan fingerprint density at radius 2 is 0.396 bits per heavy atom. The number of rotatable bonds is 8. The molecule has 0 fully saturated rings. The summed E-state index contributed by atoms with van der Waals surface area (Å²) in [5.74, 6) is 0. The zero-order chi connectivity index (χ0) is 96.7. The summed E-state index contributed by atoms with van der Waals surface area (Å²) in [6, 6.07) is 172. The van der Waals surface area contributed by atoms with E-state index in [0.29, 0.717) is 0 Å². The van der Waals surface area contributed by atoms with Crippen molar-refractivity contribution >= 4 is 129 Å². The fourth-order valence-corrected chi connectivity index (χ4v) is 25.7. The Hall–Kier alpha value is -17.2. The van der Waals surface area contributed by atoms with Gasteiger partial charge in [-0.1, -0.05) is 477 Å². The third kappa shape index (κ3) is 13.5. The number of nitrogens with zero attached hydrogens (tertiary/aromatic N) is 1. The summed E-state index contributed by atoms with van der Waals surface area (Å²) in [6.45, 7) is 20.8. The van der Waals surface area contributed by atoms with Crippen LogP contribution in [0.15, 0.2) is 461 Å². The van der Waals surface area contributed by atoms with E-state index in [2.05, 4.69) is 523 Å². The van der Waals surface area contributed by atoms with Crippen LogP contribution in [0.25, 0.3) is 252 Å². The van der Waals surface area contributed by atoms with Crippen molar-refractivity contribution in [3.05, 3.63) is 511 Å². The Bertz CT molecular complexity index is 9860. The molecule has 0 saturated carbocycles. The molecule has 1 aromatic heterocycles. The van der Waals surface area contributed by atoms with Gasteiger partial charge >= 0.3 is 0 Å². The van der Waals surface area contributed by atoms with Crippen LogP contribution in [0.5, 0.6) is 0 Å². The van der Waals surface area contributed by atoms with Gasteiger partial charge < -0.3 is 0 Å². The first-order chi connectivity index (χ1) is 70.4. The Morgan fingerprint density at radius 1 is 0.139 bits per heavy atom. The van der Waals surface area contributed by atoms with E-state index in [9.17, 15) is 0 Å². The molecule has 0 radical (unpaired) electrons. The van der Waals surface area contributed by atoms with Gasteiger partial charge in [0, 0.05) is 27.4 Å². The number of hydrogen-bond acceptors (Lipinski definition) is 1. The lowest BCUT2D eigenvalue weighted by atomic mass is 9.81. The second kappa shape index (κ2) is 33.2. The van der Waals surface area contributed by atoms with Crippen molar-refractivity contribution in [3.8, 4) is 123 Å². The van der Waals surface area contributed by atoms with Crippen LogP contribution in [0.2, 0.25) is 0 Å². The van der Waals surface area contributed by atoms with Gasteiger partial charge in [0.15, 0.2) is 0 Å². The summed E-state index contributed by atoms with van der Waals surface area (Å²) in [4.78, 5) is 5.20. The van der Waals surface area contributed by atoms with Gasteiger partial charge in [0.05, 0.1) is 11.4 Å². The van der Waals surface area contributed by atoms with Crippen LogP contribution in [0.4, 0.5) is 0 Å². The van der Waals surface area contributed by atoms with Crippen molar-refractivity contribution in [2.45, 2.75) is 78.6 Å². The lowest BCUT2D eigenvalue weighted by Gasteiger charge is -2.22. The molecule has 29 rings (SSSR count). The fourth-order valence-electron chi connectivity index (χ4n) is 25.7. The molecule has 1 nitrogen and oxygen atoms in total. The molecule has 1 heterocycles. The highest BCUT2D eigenvalue weighted by Gasteiger charge is 2.39. The maximum atomic E-state index is 5.20. The second-order valence-corrected chi connectivity index (χ2v) is 41.9. The molecule has 0 saturated heterocycles. The van der Waals surface area contributed by atoms with E-state index in [-0.39, 0.29) is 16.2 Å². The van der Waals surface area contributed by atoms with Crippen molar-refractivity contribution in [3.63, 3.8) is 0 Å². The van der Waals surface area contributed by atoms with Crippen LogP contribution in [-0.2, 0) is 16.2 Å². The van der Waals surface area contributed by atoms with Crippen molar-refractivity contribution < 1.29 is 0 Å². The van der Waals surface area contributed by atoms with E-state index in [1.54, 1.807) is 0 Å². The molecule has 26 aromatic rings. The topological polar surface area (TPSA) is 12.9 Å². The van der Waals surface area contributed by atoms with Gasteiger partial charge in [-0.3, -0.25) is 0 Å². The molecular weight excluding hydrogens is 1730 g/mol. The predicted molar refractivity (Wildman–Crippen MR) is 618 cm³/mol. The summed E-state index contributed by atoms with van der Waals surface area (Å²) in [6.07, 6.45) is 0. The molecule has 3 aliphatic rings. The highest BCUT2D eigenvalue weighted by Crippen LogP contribution is 2.58. The molecule has 0 unspecified atom stereocenters. The lowest BCUT2D eigenvalue weighted by molar-refractivity contribution is 0.660. The van der Waals surface area contributed by atoms with Crippen molar-refractivity contribution in [2.24, 2.45) is 0 Å². The fraction of sp³-hybridized carbons (Fsp3) is 0.0839. The van der Waals surface area contributed by atoms with Crippen LogP contribution in [0, 0.1) is 20.8 Å². The number of pyridine rings is 1. The zero-order valence-corrected chi connectivity index (χ0v) is 82.3. The molecule has 0 N–H and O–H groups in total. The number of hydrogen-bond donors (Lipinski definition) is 0. The Kier molecular flexibility index (Phi) is 19.8. The minimum absolute atomic E-state index is 0.0133. The van der Waals surface area contributed by atoms with Gasteiger partial charge in [-0.25, -0.2) is 4.98 Å². The Balaban J connectivity index is 0.000000108. The third-order valence-corrected chi connectivity index (χ3v) is 32.5. The molecule has 0 spiro atoms. The number of fused-ring (bicyclic) bond motifs is 26. The highest BCUT2D eigenvalue weighted by molar-refractivity contribution is 6.31. The third-order valence-electron chi connectivity index (χ3n) is 32.5. The van der Waals surface area contributed by atoms with Crippen LogP contribution < -0.4 is 0 Å². The Labute approximate surface area is 840 Å². The van der Waals surface area contributed by atoms with E-state index in [0.717, 1.165) is 22.5 Å². The van der Waals surface area contributed by atoms with E-state index < -0.39 is 0 Å². The number of aryl methyl sites for hydroxylation is 3. The minimum atomic E-state index is -0.0245. The van der Waals surface area contributed by atoms with Crippen molar-refractivity contribution in [1.82, 2.24) is 4.98 Å². The standard InChI is InChI=1S/2C48H34.C47H35N/c1-29-20-23-40-43(26-29)47(31-22-25-45-42(28-31)37-16-10-11-19-44(37)48(45,2)3)39-18-9-8-17-38(39)46(40)30-21-24-36-34-14-5-4-12-32(34)33-13-6-7-15-35(33)41(36)27-30;1-29-20-23-39-42(26-29)46(31-22-25-45-41(27-31)36-16-10-11-19-44(36)48(45,2)3)37-17-8-9-18-38(37)47(39)43-28-40-32-13-5-4-12-30(32)21-24-35(40)33-14-6-7-15-34(33)43;1-30-22-24-38-40(26-30)45(33-23-25-42-39(27-33)35-18-12-13-21-41(35)47(42,2)3)36-19-10-11-20-37(36)46(38)34-28-43(31-14-6-4-7-15-31)48-44(29-34)32-16-8-5-9-17-32/h2*4-28H,1-3H3;4-29H,1-3H3. The predicted octanol–water partition coefficient (Wildman–Crippen LogP) is 39.5. The van der Waals surface area contributed by atoms with E-state index in [4.69, 9.17) is 4.98 Å². The molecule has 0 amide bonds. The van der Waals surface area contributed by atoms with Gasteiger partial charge in [0.1, 0.15) is 0 Å². The van der Waals surface area contributed by atoms with Crippen molar-refractivity contribution in [1.29, 1.82) is 0 Å². The summed E-state index contributed by atoms with van der Waals surface area (Å²) in [7, 11) is 0. The average Bonchev–Trinajstić information content (AvgIpc) is 1.54. The molecule has 3 aliphatic carbocycles. The first kappa shape index (κ1) is 85.9. The van der Waals surface area contributed by atoms with Gasteiger partial charge in [0.2, 0.25) is 0 Å². The molecule has 1 heteroatoms. The van der Waals surface area contributed by atoms with Crippen LogP contribution >= 0.6 is 0 Å². The summed E-state index contributed by atoms with van der Waals surface area (Å²) in [5.41, 5.74) is 39.7. The van der Waals surface area contributed by atoms with Gasteiger partial charge in [-0.2, -0.15) is 0 Å². The number of aromatic nitrogens is 1. The first-order valence-electron chi connectivity index (χ1n) is 50.9. The smallest absolute Gasteiger partial charge is 0.0715 e. The minimum Gasteiger partial charge on any atom is -0.248 e. The quantitative estimate of drug-likeness (QED) is 0.109. The van der Waals surface area contributed by atoms with Crippen molar-refractivity contribution in [2.75, 3.05) is 0 Å². The molecule has 0 bridgehead atoms. The van der Waals surface area contributed by atoms with Crippen LogP contribution in [0.3, 0.4) is 0 Å². The molecule has 144 heavy (non-hydrogen) atoms. The Morgan fingerprint density at radius 3 is 0.799 bits per heavy atom. The van der Waals surface area contributed by atoms with Crippen LogP contribution in [-0.4, -0.2) is 4.98 Å². The van der Waals surface area contributed by atoms with Gasteiger partial charge in [-0.15, -0.1) is 0 Å². The summed E-state index contributed by atoms with van der Waals surface area (Å²) >= 11 is 0. The summed E-state index contributed by atoms with van der Waals surface area (Å²) in [5, 5.41) is 30.9. The molecule has 0 aliphatic heterocycles. The maximum absolute atomic E-state index is 5.20. The van der Waals surface area contributed by atoms with Crippen LogP contribution in [0.1, 0.15) is 91.6 Å². The molecule has 25 aromatic carbocycles. The molecule has 680 valence electrons. The highest BCUT2D eigenvalue weighted by atomic mass is 14.7. The largest absolute Gasteiger partial charge is 0.248 e. The van der Waals surface area contributed by atoms with Gasteiger partial charge in [-0.05, 0) is 326 Å². The SMILES string of the molecule is Cc1ccc2c(-c3cc(-c4ccccc4)nc(-c4ccccc4)c3)c3ccccc3c(-c3ccc4c(c3)-c3ccccc3C4(C)C)c2c1.Cc1ccc2c(-c3cc4c5ccccc5ccc4c4ccccc34)c3ccccc3c(-c3ccc4c(c3)-c3ccccc3C4(C)C)c2c1.Cc1ccc2c(-c3ccc4c5ccccc5c5ccccc5c4c3)c3ccccc3c(-c3ccc4c(c3)-c3ccccc3C4(C)C)c2c1. The summed E-state index contributed by atoms with van der Waals surface area (Å²) < 4.78 is 0. The lowest BCUT2D eigenvalue weighted by Crippen LogP contribution is -2.14. The van der Waals surface area contributed by atoms with Gasteiger partial charge in [0.25, 0.3) is 0 Å². The molecular formula is C143H103N. The molecule has 0 atom stereocenters. The first-order valence-corrected chi connectivity index (χ1v) is 50.9. The second-order valence-electron chi connectivity index (χ2n) is 41.9. The van der Waals surface area contributed by atoms with E-state index >= 15 is 0 Å². The van der Waals surface area contributed by atoms with E-state index in [1.807, 2.05) is 0 Å². The average molecular weight is 1840 g/mol. The normalized spacial score (nSPS) is 13.3.